The number of ether oxygens (including phenoxy) is 3. The Bertz CT molecular complexity index is 1140. The molecule has 0 radical (unpaired) electrons. The molecule has 7 heteroatoms. The molecule has 6 nitrogen and oxygen atoms in total. The molecular weight excluding hydrogens is 426 g/mol. The lowest BCUT2D eigenvalue weighted by molar-refractivity contribution is -0.115. The zero-order valence-corrected chi connectivity index (χ0v) is 19.7. The van der Waals surface area contributed by atoms with Crippen LogP contribution in [0.25, 0.3) is 11.1 Å². The van der Waals surface area contributed by atoms with Crippen molar-refractivity contribution in [3.63, 3.8) is 0 Å². The van der Waals surface area contributed by atoms with Gasteiger partial charge in [-0.25, -0.2) is 4.79 Å². The maximum absolute atomic E-state index is 12.9. The second-order valence-corrected chi connectivity index (χ2v) is 8.17. The molecule has 3 aromatic rings. The Hall–Kier alpha value is -3.32. The summed E-state index contributed by atoms with van der Waals surface area (Å²) in [5.74, 6) is 0.494. The largest absolute Gasteiger partial charge is 0.497 e. The summed E-state index contributed by atoms with van der Waals surface area (Å²) in [6.07, 6.45) is 0.0895. The molecule has 1 heterocycles. The van der Waals surface area contributed by atoms with Crippen LogP contribution in [0.5, 0.6) is 11.5 Å². The lowest BCUT2D eigenvalue weighted by Gasteiger charge is -2.12. The topological polar surface area (TPSA) is 73.9 Å². The molecule has 0 aliphatic rings. The molecule has 32 heavy (non-hydrogen) atoms. The van der Waals surface area contributed by atoms with Crippen LogP contribution in [0.2, 0.25) is 0 Å². The van der Waals surface area contributed by atoms with E-state index in [0.717, 1.165) is 27.8 Å². The zero-order valence-electron chi connectivity index (χ0n) is 18.9. The van der Waals surface area contributed by atoms with Crippen LogP contribution in [-0.4, -0.2) is 32.7 Å². The Labute approximate surface area is 192 Å². The highest BCUT2D eigenvalue weighted by atomic mass is 32.1. The van der Waals surface area contributed by atoms with Gasteiger partial charge in [-0.1, -0.05) is 29.8 Å². The van der Waals surface area contributed by atoms with E-state index in [-0.39, 0.29) is 18.9 Å². The summed E-state index contributed by atoms with van der Waals surface area (Å²) < 4.78 is 15.9. The first-order valence-electron chi connectivity index (χ1n) is 10.2. The fraction of sp³-hybridized carbons (Fsp3) is 0.280. The van der Waals surface area contributed by atoms with E-state index in [1.165, 1.54) is 11.3 Å². The molecule has 2 aromatic carbocycles. The number of hydrogen-bond donors (Lipinski definition) is 1. The average molecular weight is 454 g/mol. The van der Waals surface area contributed by atoms with Gasteiger partial charge in [0, 0.05) is 22.6 Å². The number of benzene rings is 2. The first-order chi connectivity index (χ1) is 15.4. The number of hydrogen-bond acceptors (Lipinski definition) is 6. The van der Waals surface area contributed by atoms with E-state index >= 15 is 0 Å². The third-order valence-electron chi connectivity index (χ3n) is 5.04. The van der Waals surface area contributed by atoms with Crippen molar-refractivity contribution in [2.24, 2.45) is 0 Å². The average Bonchev–Trinajstić information content (AvgIpc) is 3.17. The van der Waals surface area contributed by atoms with Gasteiger partial charge in [0.1, 0.15) is 22.1 Å². The summed E-state index contributed by atoms with van der Waals surface area (Å²) in [5.41, 5.74) is 4.97. The van der Waals surface area contributed by atoms with E-state index in [0.29, 0.717) is 22.1 Å². The van der Waals surface area contributed by atoms with Gasteiger partial charge in [-0.2, -0.15) is 0 Å². The fourth-order valence-corrected chi connectivity index (χ4v) is 4.48. The Morgan fingerprint density at radius 1 is 1.00 bits per heavy atom. The molecular formula is C25H27NO5S. The van der Waals surface area contributed by atoms with Crippen molar-refractivity contribution in [2.75, 3.05) is 26.1 Å². The SMILES string of the molecule is CCOC(=O)c1c(-c2ccc(C)cc2C)csc1NC(=O)Cc1ccc(OC)cc1OC. The Morgan fingerprint density at radius 3 is 2.44 bits per heavy atom. The monoisotopic (exact) mass is 453 g/mol. The molecule has 1 aromatic heterocycles. The number of anilines is 1. The normalized spacial score (nSPS) is 10.5. The van der Waals surface area contributed by atoms with E-state index in [1.54, 1.807) is 39.3 Å². The molecule has 3 rings (SSSR count). The minimum atomic E-state index is -0.457. The molecule has 0 saturated heterocycles. The van der Waals surface area contributed by atoms with Gasteiger partial charge in [-0.05, 0) is 38.0 Å². The molecule has 0 saturated carbocycles. The minimum Gasteiger partial charge on any atom is -0.497 e. The Kier molecular flexibility index (Phi) is 7.53. The van der Waals surface area contributed by atoms with Crippen molar-refractivity contribution >= 4 is 28.2 Å². The quantitative estimate of drug-likeness (QED) is 0.462. The van der Waals surface area contributed by atoms with Crippen molar-refractivity contribution in [1.82, 2.24) is 0 Å². The molecule has 1 amide bonds. The number of esters is 1. The van der Waals surface area contributed by atoms with Crippen LogP contribution in [0.1, 0.15) is 34.0 Å². The van der Waals surface area contributed by atoms with Gasteiger partial charge in [-0.15, -0.1) is 11.3 Å². The lowest BCUT2D eigenvalue weighted by atomic mass is 9.97. The summed E-state index contributed by atoms with van der Waals surface area (Å²) in [6, 6.07) is 11.4. The van der Waals surface area contributed by atoms with Crippen LogP contribution in [0.3, 0.4) is 0 Å². The van der Waals surface area contributed by atoms with Crippen LogP contribution in [0.15, 0.2) is 41.8 Å². The number of aryl methyl sites for hydroxylation is 2. The van der Waals surface area contributed by atoms with E-state index in [4.69, 9.17) is 14.2 Å². The minimum absolute atomic E-state index is 0.0895. The maximum atomic E-state index is 12.9. The van der Waals surface area contributed by atoms with Gasteiger partial charge in [0.25, 0.3) is 0 Å². The van der Waals surface area contributed by atoms with Gasteiger partial charge in [0.2, 0.25) is 5.91 Å². The van der Waals surface area contributed by atoms with E-state index < -0.39 is 5.97 Å². The number of nitrogens with one attached hydrogen (secondary N) is 1. The van der Waals surface area contributed by atoms with Crippen LogP contribution in [-0.2, 0) is 16.0 Å². The third kappa shape index (κ3) is 5.11. The number of thiophene rings is 1. The maximum Gasteiger partial charge on any atom is 0.341 e. The van der Waals surface area contributed by atoms with E-state index in [1.807, 2.05) is 31.4 Å². The van der Waals surface area contributed by atoms with Crippen molar-refractivity contribution in [3.05, 3.63) is 64.0 Å². The number of amides is 1. The fourth-order valence-electron chi connectivity index (χ4n) is 3.51. The molecule has 0 aliphatic heterocycles. The molecule has 0 fully saturated rings. The molecule has 1 N–H and O–H groups in total. The second kappa shape index (κ2) is 10.3. The highest BCUT2D eigenvalue weighted by Crippen LogP contribution is 2.38. The Balaban J connectivity index is 1.92. The molecule has 0 atom stereocenters. The number of rotatable bonds is 8. The van der Waals surface area contributed by atoms with Crippen LogP contribution in [0.4, 0.5) is 5.00 Å². The van der Waals surface area contributed by atoms with Crippen molar-refractivity contribution < 1.29 is 23.8 Å². The highest BCUT2D eigenvalue weighted by molar-refractivity contribution is 7.15. The summed E-state index contributed by atoms with van der Waals surface area (Å²) in [7, 11) is 3.12. The summed E-state index contributed by atoms with van der Waals surface area (Å²) in [4.78, 5) is 25.7. The standard InChI is InChI=1S/C25H27NO5S/c1-6-31-25(28)23-20(19-10-7-15(2)11-16(19)3)14-32-24(23)26-22(27)12-17-8-9-18(29-4)13-21(17)30-5/h7-11,13-14H,6,12H2,1-5H3,(H,26,27). The van der Waals surface area contributed by atoms with Gasteiger partial charge >= 0.3 is 5.97 Å². The van der Waals surface area contributed by atoms with Gasteiger partial charge in [-0.3, -0.25) is 4.79 Å². The summed E-state index contributed by atoms with van der Waals surface area (Å²) >= 11 is 1.31. The summed E-state index contributed by atoms with van der Waals surface area (Å²) in [5, 5.41) is 5.24. The number of carbonyl (C=O) groups excluding carboxylic acids is 2. The Morgan fingerprint density at radius 2 is 1.78 bits per heavy atom. The molecule has 0 unspecified atom stereocenters. The van der Waals surface area contributed by atoms with Gasteiger partial charge in [0.05, 0.1) is 27.2 Å². The molecule has 168 valence electrons. The third-order valence-corrected chi connectivity index (χ3v) is 5.94. The smallest absolute Gasteiger partial charge is 0.341 e. The first kappa shape index (κ1) is 23.3. The van der Waals surface area contributed by atoms with E-state index in [9.17, 15) is 9.59 Å². The van der Waals surface area contributed by atoms with Gasteiger partial charge < -0.3 is 19.5 Å². The van der Waals surface area contributed by atoms with Crippen molar-refractivity contribution in [3.8, 4) is 22.6 Å². The first-order valence-corrected chi connectivity index (χ1v) is 11.1. The summed E-state index contributed by atoms with van der Waals surface area (Å²) in [6.45, 7) is 6.03. The highest BCUT2D eigenvalue weighted by Gasteiger charge is 2.24. The van der Waals surface area contributed by atoms with Crippen LogP contribution >= 0.6 is 11.3 Å². The van der Waals surface area contributed by atoms with Gasteiger partial charge in [0.15, 0.2) is 0 Å². The van der Waals surface area contributed by atoms with E-state index in [2.05, 4.69) is 11.4 Å². The number of methoxy groups -OCH3 is 2. The predicted molar refractivity (Wildman–Crippen MR) is 127 cm³/mol. The molecule has 0 spiro atoms. The zero-order chi connectivity index (χ0) is 23.3. The molecule has 0 bridgehead atoms. The van der Waals surface area contributed by atoms with Crippen LogP contribution < -0.4 is 14.8 Å². The predicted octanol–water partition coefficient (Wildman–Crippen LogP) is 5.41. The molecule has 0 aliphatic carbocycles. The van der Waals surface area contributed by atoms with Crippen LogP contribution in [0, 0.1) is 13.8 Å². The number of carbonyl (C=O) groups is 2. The van der Waals surface area contributed by atoms with Crippen molar-refractivity contribution in [2.45, 2.75) is 27.2 Å². The van der Waals surface area contributed by atoms with Crippen molar-refractivity contribution in [1.29, 1.82) is 0 Å². The lowest BCUT2D eigenvalue weighted by Crippen LogP contribution is -2.17. The second-order valence-electron chi connectivity index (χ2n) is 7.30.